The molecular formula is C56H55N4OPt-3. The minimum atomic E-state index is -0.0482. The fraction of sp³-hybridized carbons (Fsp3) is 0.250. The molecule has 0 atom stereocenters. The van der Waals surface area contributed by atoms with Crippen molar-refractivity contribution in [2.24, 2.45) is 0 Å². The third-order valence-corrected chi connectivity index (χ3v) is 12.8. The molecule has 0 bridgehead atoms. The van der Waals surface area contributed by atoms with Gasteiger partial charge in [0.1, 0.15) is 5.82 Å². The van der Waals surface area contributed by atoms with Crippen molar-refractivity contribution in [2.45, 2.75) is 91.4 Å². The van der Waals surface area contributed by atoms with Crippen LogP contribution < -0.4 is 14.5 Å². The number of para-hydroxylation sites is 1. The minimum Gasteiger partial charge on any atom is -0.509 e. The van der Waals surface area contributed by atoms with E-state index in [1.165, 1.54) is 27.8 Å². The molecule has 62 heavy (non-hydrogen) atoms. The second-order valence-electron chi connectivity index (χ2n) is 18.8. The van der Waals surface area contributed by atoms with E-state index in [4.69, 9.17) is 9.72 Å². The van der Waals surface area contributed by atoms with Gasteiger partial charge >= 0.3 is 0 Å². The zero-order valence-electron chi connectivity index (χ0n) is 37.3. The van der Waals surface area contributed by atoms with Gasteiger partial charge in [-0.1, -0.05) is 128 Å². The largest absolute Gasteiger partial charge is 0.509 e. The smallest absolute Gasteiger partial charge is 0.135 e. The number of hydrogen-bond donors (Lipinski definition) is 0. The Kier molecular flexibility index (Phi) is 11.5. The number of hydrogen-bond acceptors (Lipinski definition) is 4. The van der Waals surface area contributed by atoms with Gasteiger partial charge in [-0.2, -0.15) is 12.1 Å². The number of pyridine rings is 1. The molecule has 0 amide bonds. The summed E-state index contributed by atoms with van der Waals surface area (Å²) in [5.74, 6) is 2.08. The molecule has 6 aromatic carbocycles. The maximum atomic E-state index is 6.66. The van der Waals surface area contributed by atoms with Crippen molar-refractivity contribution >= 4 is 44.6 Å². The molecule has 0 spiro atoms. The molecular weight excluding hydrogens is 940 g/mol. The van der Waals surface area contributed by atoms with Gasteiger partial charge in [0.15, 0.2) is 0 Å². The molecule has 2 aromatic heterocycles. The molecule has 318 valence electrons. The fourth-order valence-electron chi connectivity index (χ4n) is 8.51. The Hall–Kier alpha value is -5.64. The van der Waals surface area contributed by atoms with Crippen LogP contribution in [0.15, 0.2) is 140 Å². The average molecular weight is 995 g/mol. The Labute approximate surface area is 382 Å². The quantitative estimate of drug-likeness (QED) is 0.135. The van der Waals surface area contributed by atoms with Crippen molar-refractivity contribution in [1.82, 2.24) is 9.55 Å². The summed E-state index contributed by atoms with van der Waals surface area (Å²) in [5.41, 5.74) is 12.5. The molecule has 8 aromatic rings. The van der Waals surface area contributed by atoms with Crippen LogP contribution in [0.3, 0.4) is 0 Å². The summed E-state index contributed by atoms with van der Waals surface area (Å²) in [6, 6.07) is 55.0. The van der Waals surface area contributed by atoms with Gasteiger partial charge in [-0.25, -0.2) is 4.98 Å². The van der Waals surface area contributed by atoms with Gasteiger partial charge in [-0.15, -0.1) is 48.1 Å². The number of anilines is 4. The van der Waals surface area contributed by atoms with Crippen molar-refractivity contribution in [2.75, 3.05) is 9.80 Å². The maximum absolute atomic E-state index is 6.66. The molecule has 9 rings (SSSR count). The molecule has 0 fully saturated rings. The zero-order chi connectivity index (χ0) is 42.7. The first-order chi connectivity index (χ1) is 29.2. The number of ether oxygens (including phenoxy) is 1. The predicted molar refractivity (Wildman–Crippen MR) is 255 cm³/mol. The van der Waals surface area contributed by atoms with Crippen LogP contribution in [0.2, 0.25) is 0 Å². The summed E-state index contributed by atoms with van der Waals surface area (Å²) in [6.07, 6.45) is 4.02. The van der Waals surface area contributed by atoms with E-state index in [0.29, 0.717) is 11.5 Å². The van der Waals surface area contributed by atoms with Gasteiger partial charge in [-0.3, -0.25) is 0 Å². The normalized spacial score (nSPS) is 13.1. The first-order valence-electron chi connectivity index (χ1n) is 21.7. The Bertz CT molecular complexity index is 2900. The van der Waals surface area contributed by atoms with Crippen LogP contribution in [0.1, 0.15) is 91.8 Å². The minimum absolute atomic E-state index is 0. The number of fused-ring (bicyclic) bond motifs is 4. The fourth-order valence-corrected chi connectivity index (χ4v) is 8.51. The number of nitrogens with zero attached hydrogens (tertiary/aromatic N) is 4. The van der Waals surface area contributed by atoms with E-state index in [1.54, 1.807) is 0 Å². The van der Waals surface area contributed by atoms with E-state index < -0.39 is 0 Å². The monoisotopic (exact) mass is 994 g/mol. The number of rotatable bonds is 9. The van der Waals surface area contributed by atoms with Gasteiger partial charge in [0, 0.05) is 61.3 Å². The molecule has 0 N–H and O–H groups in total. The van der Waals surface area contributed by atoms with E-state index in [9.17, 15) is 0 Å². The Morgan fingerprint density at radius 2 is 1.31 bits per heavy atom. The van der Waals surface area contributed by atoms with Crippen molar-refractivity contribution in [3.8, 4) is 28.4 Å². The Morgan fingerprint density at radius 1 is 0.581 bits per heavy atom. The molecule has 1 aliphatic heterocycles. The van der Waals surface area contributed by atoms with Gasteiger partial charge in [0.05, 0.1) is 0 Å². The van der Waals surface area contributed by atoms with Crippen LogP contribution >= 0.6 is 0 Å². The third-order valence-electron chi connectivity index (χ3n) is 12.8. The van der Waals surface area contributed by atoms with Gasteiger partial charge in [0.25, 0.3) is 0 Å². The van der Waals surface area contributed by atoms with Crippen molar-refractivity contribution in [3.05, 3.63) is 175 Å². The Balaban J connectivity index is 0.00000529. The SMILES string of the molecule is CCC(C)(CC)c1ccc2c(c1)N(c1cc(-c3ccccc3)cc(C(C)(C)C)c1)[CH-]N2c1[c-]c(Oc2[c-]c3c(cc2)c2ccccc2n3-c2cc(C(C)(C)C)ccn2)ccc1.[Pt]. The molecule has 0 radical (unpaired) electrons. The van der Waals surface area contributed by atoms with E-state index >= 15 is 0 Å². The summed E-state index contributed by atoms with van der Waals surface area (Å²) in [6.45, 7) is 22.7. The third kappa shape index (κ3) is 7.97. The van der Waals surface area contributed by atoms with Gasteiger partial charge in [0.2, 0.25) is 0 Å². The van der Waals surface area contributed by atoms with Crippen LogP contribution in [0.5, 0.6) is 11.5 Å². The van der Waals surface area contributed by atoms with E-state index in [-0.39, 0.29) is 37.3 Å². The summed E-state index contributed by atoms with van der Waals surface area (Å²) >= 11 is 0. The first-order valence-corrected chi connectivity index (χ1v) is 21.7. The molecule has 3 heterocycles. The zero-order valence-corrected chi connectivity index (χ0v) is 39.6. The van der Waals surface area contributed by atoms with Crippen molar-refractivity contribution in [1.29, 1.82) is 0 Å². The molecule has 0 saturated carbocycles. The second-order valence-corrected chi connectivity index (χ2v) is 18.8. The summed E-state index contributed by atoms with van der Waals surface area (Å²) in [4.78, 5) is 9.46. The molecule has 0 unspecified atom stereocenters. The van der Waals surface area contributed by atoms with E-state index in [0.717, 1.165) is 63.2 Å². The molecule has 0 aliphatic carbocycles. The van der Waals surface area contributed by atoms with Crippen LogP contribution in [0.25, 0.3) is 38.8 Å². The van der Waals surface area contributed by atoms with Gasteiger partial charge in [-0.05, 0) is 105 Å². The standard InChI is InChI=1S/C56H55N4O.Pt/c1-10-56(9,11-2)41-24-27-50-52(33-41)59(44-31-39(38-18-13-12-14-19-38)30-42(32-44)55(6,7)8)37-58(50)43-20-17-21-45(35-43)61-46-25-26-48-47-22-15-16-23-49(47)60(51(48)36-46)53-34-40(28-29-57-53)54(3,4)5;/h12-34,37H,10-11H2,1-9H3;/q-3;. The molecule has 0 saturated heterocycles. The van der Waals surface area contributed by atoms with Crippen molar-refractivity contribution < 1.29 is 25.8 Å². The second kappa shape index (κ2) is 16.6. The van der Waals surface area contributed by atoms with E-state index in [2.05, 4.69) is 211 Å². The van der Waals surface area contributed by atoms with Crippen LogP contribution in [-0.4, -0.2) is 9.55 Å². The Morgan fingerprint density at radius 3 is 2.05 bits per heavy atom. The molecule has 6 heteroatoms. The maximum Gasteiger partial charge on any atom is 0.135 e. The van der Waals surface area contributed by atoms with Crippen LogP contribution in [0.4, 0.5) is 22.7 Å². The van der Waals surface area contributed by atoms with E-state index in [1.807, 2.05) is 24.4 Å². The predicted octanol–water partition coefficient (Wildman–Crippen LogP) is 15.3. The first kappa shape index (κ1) is 43.0. The number of benzene rings is 6. The summed E-state index contributed by atoms with van der Waals surface area (Å²) < 4.78 is 8.86. The summed E-state index contributed by atoms with van der Waals surface area (Å²) in [5, 5.41) is 2.24. The molecule has 1 aliphatic rings. The van der Waals surface area contributed by atoms with Crippen LogP contribution in [-0.2, 0) is 37.3 Å². The van der Waals surface area contributed by atoms with Crippen LogP contribution in [0, 0.1) is 18.8 Å². The average Bonchev–Trinajstić information content (AvgIpc) is 3.81. The van der Waals surface area contributed by atoms with Crippen molar-refractivity contribution in [3.63, 3.8) is 0 Å². The molecule has 5 nitrogen and oxygen atoms in total. The topological polar surface area (TPSA) is 33.5 Å². The number of aromatic nitrogens is 2. The van der Waals surface area contributed by atoms with Gasteiger partial charge < -0.3 is 19.1 Å². The summed E-state index contributed by atoms with van der Waals surface area (Å²) in [7, 11) is 0.